The topological polar surface area (TPSA) is 49.6 Å². The highest BCUT2D eigenvalue weighted by Gasteiger charge is 2.28. The first kappa shape index (κ1) is 19.7. The van der Waals surface area contributed by atoms with Gasteiger partial charge >= 0.3 is 0 Å². The van der Waals surface area contributed by atoms with Crippen LogP contribution in [-0.2, 0) is 0 Å². The Hall–Kier alpha value is -2.57. The van der Waals surface area contributed by atoms with Crippen LogP contribution in [-0.4, -0.2) is 42.0 Å². The van der Waals surface area contributed by atoms with Gasteiger partial charge in [-0.25, -0.2) is 9.37 Å². The highest BCUT2D eigenvalue weighted by molar-refractivity contribution is 6.35. The molecule has 0 aliphatic carbocycles. The van der Waals surface area contributed by atoms with Gasteiger partial charge in [-0.05, 0) is 30.3 Å². The molecule has 0 atom stereocenters. The molecule has 1 fully saturated rings. The van der Waals surface area contributed by atoms with Crippen molar-refractivity contribution >= 4 is 34.8 Å². The summed E-state index contributed by atoms with van der Waals surface area (Å²) in [7, 11) is 0. The number of halogens is 3. The first-order valence-electron chi connectivity index (χ1n) is 9.14. The number of hydrogen-bond donors (Lipinski definition) is 0. The molecule has 2 heterocycles. The van der Waals surface area contributed by atoms with Gasteiger partial charge in [0.1, 0.15) is 11.5 Å². The molecule has 0 spiro atoms. The number of nitrogens with zero attached hydrogens (tertiary/aromatic N) is 3. The van der Waals surface area contributed by atoms with Crippen LogP contribution in [0.2, 0.25) is 10.0 Å². The van der Waals surface area contributed by atoms with E-state index in [0.717, 1.165) is 5.69 Å². The van der Waals surface area contributed by atoms with Crippen molar-refractivity contribution in [3.63, 3.8) is 0 Å². The molecular weight excluding hydrogens is 416 g/mol. The summed E-state index contributed by atoms with van der Waals surface area (Å²) in [6.07, 6.45) is 0. The Balaban J connectivity index is 1.52. The van der Waals surface area contributed by atoms with Gasteiger partial charge in [-0.1, -0.05) is 35.3 Å². The van der Waals surface area contributed by atoms with Gasteiger partial charge < -0.3 is 14.2 Å². The summed E-state index contributed by atoms with van der Waals surface area (Å²) in [5, 5.41) is 1.14. The van der Waals surface area contributed by atoms with Crippen LogP contribution in [0.4, 0.5) is 10.1 Å². The van der Waals surface area contributed by atoms with Crippen LogP contribution in [0.3, 0.4) is 0 Å². The van der Waals surface area contributed by atoms with Gasteiger partial charge in [-0.2, -0.15) is 0 Å². The zero-order valence-corrected chi connectivity index (χ0v) is 17.2. The summed E-state index contributed by atoms with van der Waals surface area (Å²) >= 11 is 12.2. The predicted molar refractivity (Wildman–Crippen MR) is 111 cm³/mol. The van der Waals surface area contributed by atoms with Gasteiger partial charge in [0, 0.05) is 54.4 Å². The Bertz CT molecular complexity index is 1040. The molecule has 29 heavy (non-hydrogen) atoms. The van der Waals surface area contributed by atoms with Gasteiger partial charge in [0.2, 0.25) is 5.76 Å². The zero-order valence-electron chi connectivity index (χ0n) is 15.7. The Morgan fingerprint density at radius 2 is 1.76 bits per heavy atom. The van der Waals surface area contributed by atoms with Crippen LogP contribution in [0.5, 0.6) is 0 Å². The van der Waals surface area contributed by atoms with Gasteiger partial charge in [0.25, 0.3) is 5.91 Å². The molecule has 2 aromatic carbocycles. The van der Waals surface area contributed by atoms with Crippen LogP contribution in [0, 0.1) is 12.7 Å². The first-order chi connectivity index (χ1) is 13.9. The van der Waals surface area contributed by atoms with Gasteiger partial charge in [0.05, 0.1) is 0 Å². The van der Waals surface area contributed by atoms with E-state index in [4.69, 9.17) is 27.6 Å². The molecule has 1 amide bonds. The van der Waals surface area contributed by atoms with E-state index in [0.29, 0.717) is 53.4 Å². The Morgan fingerprint density at radius 3 is 2.41 bits per heavy atom. The Labute approximate surface area is 177 Å². The summed E-state index contributed by atoms with van der Waals surface area (Å²) in [4.78, 5) is 21.2. The molecule has 0 unspecified atom stereocenters. The first-order valence-corrected chi connectivity index (χ1v) is 9.90. The summed E-state index contributed by atoms with van der Waals surface area (Å²) in [6.45, 7) is 3.94. The highest BCUT2D eigenvalue weighted by Crippen LogP contribution is 2.28. The normalized spacial score (nSPS) is 14.3. The van der Waals surface area contributed by atoms with Crippen molar-refractivity contribution in [2.24, 2.45) is 0 Å². The van der Waals surface area contributed by atoms with Gasteiger partial charge in [0.15, 0.2) is 5.89 Å². The molecule has 5 nitrogen and oxygen atoms in total. The highest BCUT2D eigenvalue weighted by atomic mass is 35.5. The number of carbonyl (C=O) groups excluding carboxylic acids is 1. The fourth-order valence-corrected chi connectivity index (χ4v) is 3.95. The fourth-order valence-electron chi connectivity index (χ4n) is 3.44. The van der Waals surface area contributed by atoms with Crippen molar-refractivity contribution in [3.05, 3.63) is 70.0 Å². The molecule has 150 valence electrons. The fraction of sp³-hybridized carbons (Fsp3) is 0.238. The molecule has 8 heteroatoms. The molecule has 0 bridgehead atoms. The molecule has 3 aromatic rings. The van der Waals surface area contributed by atoms with Crippen LogP contribution in [0.15, 0.2) is 46.9 Å². The smallest absolute Gasteiger partial charge is 0.292 e. The summed E-state index contributed by atoms with van der Waals surface area (Å²) < 4.78 is 19.2. The molecule has 1 aliphatic heterocycles. The Morgan fingerprint density at radius 1 is 1.07 bits per heavy atom. The minimum Gasteiger partial charge on any atom is -0.435 e. The molecule has 0 N–H and O–H groups in total. The average molecular weight is 434 g/mol. The van der Waals surface area contributed by atoms with E-state index < -0.39 is 5.82 Å². The SMILES string of the molecule is Cc1nc(-c2cccc(F)c2)c(C(=O)N2CCN(c3cc(Cl)cc(Cl)c3)CC2)o1. The standard InChI is InChI=1S/C21H18Cl2FN3O2/c1-13-25-19(14-3-2-4-17(24)9-14)20(29-13)21(28)27-7-5-26(6-8-27)18-11-15(22)10-16(23)12-18/h2-4,9-12H,5-8H2,1H3. The monoisotopic (exact) mass is 433 g/mol. The van der Waals surface area contributed by atoms with Crippen LogP contribution in [0.25, 0.3) is 11.3 Å². The number of hydrogen-bond acceptors (Lipinski definition) is 4. The minimum atomic E-state index is -0.393. The van der Waals surface area contributed by atoms with E-state index in [2.05, 4.69) is 9.88 Å². The molecule has 4 rings (SSSR count). The largest absolute Gasteiger partial charge is 0.435 e. The molecule has 1 aromatic heterocycles. The van der Waals surface area contributed by atoms with E-state index in [9.17, 15) is 9.18 Å². The lowest BCUT2D eigenvalue weighted by Gasteiger charge is -2.36. The maximum atomic E-state index is 13.6. The van der Waals surface area contributed by atoms with Gasteiger partial charge in [-0.3, -0.25) is 4.79 Å². The number of piperazine rings is 1. The van der Waals surface area contributed by atoms with E-state index in [1.165, 1.54) is 12.1 Å². The number of aryl methyl sites for hydroxylation is 1. The van der Waals surface area contributed by atoms with Crippen molar-refractivity contribution in [2.75, 3.05) is 31.1 Å². The lowest BCUT2D eigenvalue weighted by Crippen LogP contribution is -2.48. The molecule has 1 saturated heterocycles. The lowest BCUT2D eigenvalue weighted by atomic mass is 10.1. The maximum Gasteiger partial charge on any atom is 0.292 e. The quantitative estimate of drug-likeness (QED) is 0.579. The second-order valence-electron chi connectivity index (χ2n) is 6.83. The zero-order chi connectivity index (χ0) is 20.5. The third-order valence-electron chi connectivity index (χ3n) is 4.81. The predicted octanol–water partition coefficient (Wildman–Crippen LogP) is 5.06. The third kappa shape index (κ3) is 4.23. The van der Waals surface area contributed by atoms with Crippen molar-refractivity contribution in [1.82, 2.24) is 9.88 Å². The summed E-state index contributed by atoms with van der Waals surface area (Å²) in [5.41, 5.74) is 1.79. The van der Waals surface area contributed by atoms with E-state index in [1.807, 2.05) is 12.1 Å². The third-order valence-corrected chi connectivity index (χ3v) is 5.24. The van der Waals surface area contributed by atoms with Crippen molar-refractivity contribution in [2.45, 2.75) is 6.92 Å². The molecule has 1 aliphatic rings. The summed E-state index contributed by atoms with van der Waals surface area (Å²) in [6, 6.07) is 11.4. The second-order valence-corrected chi connectivity index (χ2v) is 7.70. The number of carbonyl (C=O) groups is 1. The number of aromatic nitrogens is 1. The van der Waals surface area contributed by atoms with Gasteiger partial charge in [-0.15, -0.1) is 0 Å². The van der Waals surface area contributed by atoms with Crippen LogP contribution >= 0.6 is 23.2 Å². The van der Waals surface area contributed by atoms with E-state index >= 15 is 0 Å². The number of rotatable bonds is 3. The van der Waals surface area contributed by atoms with E-state index in [-0.39, 0.29) is 11.7 Å². The van der Waals surface area contributed by atoms with Crippen molar-refractivity contribution in [1.29, 1.82) is 0 Å². The number of benzene rings is 2. The van der Waals surface area contributed by atoms with Crippen molar-refractivity contribution in [3.8, 4) is 11.3 Å². The second kappa shape index (κ2) is 8.05. The molecule has 0 radical (unpaired) electrons. The number of oxazole rings is 1. The molecular formula is C21H18Cl2FN3O2. The Kier molecular flexibility index (Phi) is 5.48. The minimum absolute atomic E-state index is 0.132. The van der Waals surface area contributed by atoms with Crippen molar-refractivity contribution < 1.29 is 13.6 Å². The molecule has 0 saturated carbocycles. The lowest BCUT2D eigenvalue weighted by molar-refractivity contribution is 0.0714. The van der Waals surface area contributed by atoms with E-state index in [1.54, 1.807) is 30.0 Å². The average Bonchev–Trinajstić information content (AvgIpc) is 3.08. The van der Waals surface area contributed by atoms with Crippen LogP contribution in [0.1, 0.15) is 16.4 Å². The summed E-state index contributed by atoms with van der Waals surface area (Å²) in [5.74, 6) is -0.156. The number of anilines is 1. The maximum absolute atomic E-state index is 13.6. The van der Waals surface area contributed by atoms with Crippen LogP contribution < -0.4 is 4.90 Å². The number of amides is 1.